The molecule has 2 rings (SSSR count). The highest BCUT2D eigenvalue weighted by Crippen LogP contribution is 2.05. The van der Waals surface area contributed by atoms with Gasteiger partial charge in [0.25, 0.3) is 0 Å². The Labute approximate surface area is 106 Å². The molecule has 1 aromatic heterocycles. The molecule has 0 aliphatic heterocycles. The van der Waals surface area contributed by atoms with E-state index in [1.165, 1.54) is 0 Å². The summed E-state index contributed by atoms with van der Waals surface area (Å²) in [5, 5.41) is 0.695. The number of aromatic nitrogens is 1. The number of nitrogens with zero attached hydrogens (tertiary/aromatic N) is 1. The molecule has 0 bridgehead atoms. The fourth-order valence-corrected chi connectivity index (χ4v) is 1.49. The van der Waals surface area contributed by atoms with Gasteiger partial charge in [0, 0.05) is 16.9 Å². The van der Waals surface area contributed by atoms with Gasteiger partial charge in [0.05, 0.1) is 5.02 Å². The Bertz CT molecular complexity index is 491. The van der Waals surface area contributed by atoms with Gasteiger partial charge < -0.3 is 0 Å². The van der Waals surface area contributed by atoms with Crippen LogP contribution < -0.4 is 9.57 Å². The van der Waals surface area contributed by atoms with Gasteiger partial charge in [-0.05, 0) is 11.1 Å². The lowest BCUT2D eigenvalue weighted by molar-refractivity contribution is -0.895. The molecule has 0 N–H and O–H groups in total. The molecule has 0 amide bonds. The summed E-state index contributed by atoms with van der Waals surface area (Å²) >= 11 is 5.78. The van der Waals surface area contributed by atoms with Crippen LogP contribution in [0.2, 0.25) is 5.02 Å². The quantitative estimate of drug-likeness (QED) is 0.756. The van der Waals surface area contributed by atoms with E-state index in [0.717, 1.165) is 11.1 Å². The molecular formula is C14H13ClNO+. The zero-order valence-electron chi connectivity index (χ0n) is 9.34. The van der Waals surface area contributed by atoms with Crippen LogP contribution in [0.5, 0.6) is 0 Å². The van der Waals surface area contributed by atoms with Gasteiger partial charge in [0.15, 0.2) is 6.61 Å². The Morgan fingerprint density at radius 1 is 1.12 bits per heavy atom. The Hall–Kier alpha value is -1.80. The summed E-state index contributed by atoms with van der Waals surface area (Å²) in [5.41, 5.74) is 2.21. The molecule has 2 nitrogen and oxygen atoms in total. The van der Waals surface area contributed by atoms with Crippen LogP contribution in [0.4, 0.5) is 0 Å². The van der Waals surface area contributed by atoms with Crippen molar-refractivity contribution in [2.24, 2.45) is 0 Å². The molecule has 0 atom stereocenters. The SMILES string of the molecule is C=Cc1ccc(CO[n+]2ccc(Cl)cc2)cc1. The summed E-state index contributed by atoms with van der Waals surface area (Å²) < 4.78 is 1.63. The zero-order chi connectivity index (χ0) is 12.1. The van der Waals surface area contributed by atoms with Crippen molar-refractivity contribution in [3.63, 3.8) is 0 Å². The number of rotatable bonds is 4. The third-order valence-electron chi connectivity index (χ3n) is 2.36. The highest BCUT2D eigenvalue weighted by Gasteiger charge is 2.01. The minimum absolute atomic E-state index is 0.518. The summed E-state index contributed by atoms with van der Waals surface area (Å²) in [5.74, 6) is 0. The highest BCUT2D eigenvalue weighted by molar-refractivity contribution is 6.30. The van der Waals surface area contributed by atoms with E-state index < -0.39 is 0 Å². The summed E-state index contributed by atoms with van der Waals surface area (Å²) in [7, 11) is 0. The summed E-state index contributed by atoms with van der Waals surface area (Å²) in [4.78, 5) is 5.55. The predicted molar refractivity (Wildman–Crippen MR) is 68.5 cm³/mol. The molecule has 0 aliphatic rings. The van der Waals surface area contributed by atoms with Crippen LogP contribution in [-0.4, -0.2) is 0 Å². The molecule has 0 spiro atoms. The highest BCUT2D eigenvalue weighted by atomic mass is 35.5. The molecule has 0 saturated carbocycles. The van der Waals surface area contributed by atoms with Crippen molar-refractivity contribution in [1.82, 2.24) is 0 Å². The van der Waals surface area contributed by atoms with E-state index in [-0.39, 0.29) is 0 Å². The summed E-state index contributed by atoms with van der Waals surface area (Å²) in [6.07, 6.45) is 5.37. The number of hydrogen-bond donors (Lipinski definition) is 0. The lowest BCUT2D eigenvalue weighted by Crippen LogP contribution is -2.41. The minimum Gasteiger partial charge on any atom is -0.267 e. The van der Waals surface area contributed by atoms with Gasteiger partial charge >= 0.3 is 0 Å². The standard InChI is InChI=1S/C14H13ClNO/c1-2-12-3-5-13(6-4-12)11-17-16-9-7-14(15)8-10-16/h2-10H,1,11H2/q+1. The second kappa shape index (κ2) is 5.51. The van der Waals surface area contributed by atoms with Crippen LogP contribution in [-0.2, 0) is 6.61 Å². The van der Waals surface area contributed by atoms with Gasteiger partial charge in [-0.15, -0.1) is 0 Å². The van der Waals surface area contributed by atoms with Crippen molar-refractivity contribution < 1.29 is 9.57 Å². The summed E-state index contributed by atoms with van der Waals surface area (Å²) in [6.45, 7) is 4.23. The topological polar surface area (TPSA) is 13.1 Å². The van der Waals surface area contributed by atoms with E-state index >= 15 is 0 Å². The average Bonchev–Trinajstić information content (AvgIpc) is 2.39. The lowest BCUT2D eigenvalue weighted by atomic mass is 10.1. The first kappa shape index (κ1) is 11.7. The molecule has 0 aliphatic carbocycles. The second-order valence-electron chi connectivity index (χ2n) is 3.60. The largest absolute Gasteiger partial charge is 0.267 e. The molecule has 1 heterocycles. The van der Waals surface area contributed by atoms with Crippen molar-refractivity contribution in [1.29, 1.82) is 0 Å². The molecule has 86 valence electrons. The van der Waals surface area contributed by atoms with Crippen LogP contribution >= 0.6 is 11.6 Å². The first-order valence-corrected chi connectivity index (χ1v) is 5.67. The molecule has 2 aromatic rings. The third kappa shape index (κ3) is 3.33. The van der Waals surface area contributed by atoms with Crippen molar-refractivity contribution >= 4 is 17.7 Å². The van der Waals surface area contributed by atoms with Crippen LogP contribution in [0.3, 0.4) is 0 Å². The second-order valence-corrected chi connectivity index (χ2v) is 4.03. The first-order chi connectivity index (χ1) is 8.28. The predicted octanol–water partition coefficient (Wildman–Crippen LogP) is 2.90. The molecule has 0 saturated heterocycles. The van der Waals surface area contributed by atoms with Crippen LogP contribution in [0.1, 0.15) is 11.1 Å². The van der Waals surface area contributed by atoms with Crippen molar-refractivity contribution in [2.75, 3.05) is 0 Å². The molecule has 17 heavy (non-hydrogen) atoms. The zero-order valence-corrected chi connectivity index (χ0v) is 10.1. The molecule has 0 fully saturated rings. The normalized spacial score (nSPS) is 9.94. The number of pyridine rings is 1. The Morgan fingerprint density at radius 3 is 2.35 bits per heavy atom. The maximum absolute atomic E-state index is 5.78. The molecular weight excluding hydrogens is 234 g/mol. The molecule has 3 heteroatoms. The van der Waals surface area contributed by atoms with Crippen molar-refractivity contribution in [3.8, 4) is 0 Å². The van der Waals surface area contributed by atoms with Crippen LogP contribution in [0.25, 0.3) is 6.08 Å². The fraction of sp³-hybridized carbons (Fsp3) is 0.0714. The van der Waals surface area contributed by atoms with E-state index in [1.807, 2.05) is 30.3 Å². The number of hydrogen-bond acceptors (Lipinski definition) is 1. The van der Waals surface area contributed by atoms with E-state index in [1.54, 1.807) is 29.3 Å². The van der Waals surface area contributed by atoms with Crippen molar-refractivity contribution in [3.05, 3.63) is 71.5 Å². The monoisotopic (exact) mass is 246 g/mol. The first-order valence-electron chi connectivity index (χ1n) is 5.29. The van der Waals surface area contributed by atoms with Gasteiger partial charge in [-0.3, -0.25) is 4.84 Å². The van der Waals surface area contributed by atoms with E-state index in [2.05, 4.69) is 6.58 Å². The number of benzene rings is 1. The van der Waals surface area contributed by atoms with Crippen LogP contribution in [0, 0.1) is 0 Å². The van der Waals surface area contributed by atoms with E-state index in [4.69, 9.17) is 16.4 Å². The van der Waals surface area contributed by atoms with Gasteiger partial charge in [-0.1, -0.05) is 48.5 Å². The van der Waals surface area contributed by atoms with Gasteiger partial charge in [0.2, 0.25) is 12.4 Å². The Balaban J connectivity index is 1.97. The smallest absolute Gasteiger partial charge is 0.223 e. The van der Waals surface area contributed by atoms with Crippen LogP contribution in [0.15, 0.2) is 55.4 Å². The molecule has 1 aromatic carbocycles. The number of halogens is 1. The fourth-order valence-electron chi connectivity index (χ4n) is 1.38. The van der Waals surface area contributed by atoms with E-state index in [9.17, 15) is 0 Å². The maximum atomic E-state index is 5.78. The Morgan fingerprint density at radius 2 is 1.76 bits per heavy atom. The van der Waals surface area contributed by atoms with E-state index in [0.29, 0.717) is 11.6 Å². The van der Waals surface area contributed by atoms with Gasteiger partial charge in [-0.25, -0.2) is 0 Å². The Kier molecular flexibility index (Phi) is 3.78. The average molecular weight is 247 g/mol. The maximum Gasteiger partial charge on any atom is 0.223 e. The molecule has 0 radical (unpaired) electrons. The molecule has 0 unspecified atom stereocenters. The third-order valence-corrected chi connectivity index (χ3v) is 2.61. The lowest BCUT2D eigenvalue weighted by Gasteiger charge is -2.00. The van der Waals surface area contributed by atoms with Gasteiger partial charge in [-0.2, -0.15) is 0 Å². The summed E-state index contributed by atoms with van der Waals surface area (Å²) in [6, 6.07) is 11.6. The van der Waals surface area contributed by atoms with Gasteiger partial charge in [0.1, 0.15) is 0 Å². The van der Waals surface area contributed by atoms with Crippen molar-refractivity contribution in [2.45, 2.75) is 6.61 Å². The minimum atomic E-state index is 0.518.